The minimum absolute atomic E-state index is 0.00173. The van der Waals surface area contributed by atoms with Crippen LogP contribution in [0, 0.1) is 6.92 Å². The molecule has 0 radical (unpaired) electrons. The van der Waals surface area contributed by atoms with Crippen LogP contribution in [0.3, 0.4) is 0 Å². The van der Waals surface area contributed by atoms with Crippen LogP contribution in [0.15, 0.2) is 15.4 Å². The fourth-order valence-electron chi connectivity index (χ4n) is 2.88. The fourth-order valence-corrected chi connectivity index (χ4v) is 4.79. The number of likely N-dealkylation sites (N-methyl/N-ethyl adjacent to an activating group) is 1. The molecule has 2 N–H and O–H groups in total. The molecule has 1 fully saturated rings. The number of hydrogen-bond donors (Lipinski definition) is 1. The Morgan fingerprint density at radius 3 is 2.71 bits per heavy atom. The Morgan fingerprint density at radius 1 is 1.43 bits per heavy atom. The SMILES string of the molecule is CCC1CN(C)CCCN1S(=O)(=O)c1cc(CN)oc1C. The lowest BCUT2D eigenvalue weighted by molar-refractivity contribution is 0.270. The molecule has 0 saturated carbocycles. The Bertz CT molecular complexity index is 582. The smallest absolute Gasteiger partial charge is 0.246 e. The first kappa shape index (κ1) is 16.5. The van der Waals surface area contributed by atoms with Gasteiger partial charge in [0.25, 0.3) is 0 Å². The molecule has 1 atom stereocenters. The normalized spacial score (nSPS) is 22.4. The summed E-state index contributed by atoms with van der Waals surface area (Å²) in [4.78, 5) is 2.45. The monoisotopic (exact) mass is 315 g/mol. The summed E-state index contributed by atoms with van der Waals surface area (Å²) in [5.74, 6) is 0.925. The molecule has 1 aliphatic rings. The third kappa shape index (κ3) is 3.31. The van der Waals surface area contributed by atoms with Gasteiger partial charge in [0.15, 0.2) is 0 Å². The van der Waals surface area contributed by atoms with Crippen molar-refractivity contribution in [3.63, 3.8) is 0 Å². The molecule has 1 aliphatic heterocycles. The highest BCUT2D eigenvalue weighted by molar-refractivity contribution is 7.89. The van der Waals surface area contributed by atoms with Crippen LogP contribution in [0.25, 0.3) is 0 Å². The summed E-state index contributed by atoms with van der Waals surface area (Å²) < 4.78 is 33.0. The van der Waals surface area contributed by atoms with Crippen molar-refractivity contribution in [3.8, 4) is 0 Å². The van der Waals surface area contributed by atoms with Gasteiger partial charge in [-0.25, -0.2) is 8.42 Å². The summed E-state index contributed by atoms with van der Waals surface area (Å²) in [6.07, 6.45) is 1.64. The summed E-state index contributed by atoms with van der Waals surface area (Å²) >= 11 is 0. The lowest BCUT2D eigenvalue weighted by atomic mass is 10.2. The highest BCUT2D eigenvalue weighted by Crippen LogP contribution is 2.27. The van der Waals surface area contributed by atoms with E-state index in [-0.39, 0.29) is 17.5 Å². The second-order valence-corrected chi connectivity index (χ2v) is 7.49. The van der Waals surface area contributed by atoms with E-state index in [9.17, 15) is 8.42 Å². The van der Waals surface area contributed by atoms with Crippen LogP contribution in [-0.2, 0) is 16.6 Å². The van der Waals surface area contributed by atoms with Crippen molar-refractivity contribution in [2.75, 3.05) is 26.7 Å². The van der Waals surface area contributed by atoms with E-state index in [0.29, 0.717) is 18.1 Å². The summed E-state index contributed by atoms with van der Waals surface area (Å²) in [5.41, 5.74) is 5.54. The van der Waals surface area contributed by atoms with E-state index in [1.165, 1.54) is 0 Å². The van der Waals surface area contributed by atoms with E-state index >= 15 is 0 Å². The zero-order valence-corrected chi connectivity index (χ0v) is 13.8. The molecule has 0 spiro atoms. The fraction of sp³-hybridized carbons (Fsp3) is 0.714. The van der Waals surface area contributed by atoms with Crippen LogP contribution < -0.4 is 5.73 Å². The predicted molar refractivity (Wildman–Crippen MR) is 81.4 cm³/mol. The largest absolute Gasteiger partial charge is 0.464 e. The lowest BCUT2D eigenvalue weighted by Crippen LogP contribution is -2.43. The highest BCUT2D eigenvalue weighted by Gasteiger charge is 2.35. The molecule has 0 aromatic carbocycles. The molecule has 6 nitrogen and oxygen atoms in total. The molecule has 1 unspecified atom stereocenters. The van der Waals surface area contributed by atoms with Gasteiger partial charge in [0.05, 0.1) is 6.54 Å². The van der Waals surface area contributed by atoms with Gasteiger partial charge in [-0.05, 0) is 33.4 Å². The van der Waals surface area contributed by atoms with E-state index in [4.69, 9.17) is 10.2 Å². The van der Waals surface area contributed by atoms with Gasteiger partial charge in [-0.3, -0.25) is 0 Å². The zero-order valence-electron chi connectivity index (χ0n) is 13.0. The molecule has 21 heavy (non-hydrogen) atoms. The molecule has 7 heteroatoms. The quantitative estimate of drug-likeness (QED) is 0.901. The van der Waals surface area contributed by atoms with Gasteiger partial charge in [0.2, 0.25) is 10.0 Å². The number of sulfonamides is 1. The number of aryl methyl sites for hydroxylation is 1. The van der Waals surface area contributed by atoms with Gasteiger partial charge < -0.3 is 15.1 Å². The van der Waals surface area contributed by atoms with E-state index in [1.54, 1.807) is 17.3 Å². The first-order valence-corrected chi connectivity index (χ1v) is 8.84. The number of nitrogens with zero attached hydrogens (tertiary/aromatic N) is 2. The van der Waals surface area contributed by atoms with Crippen molar-refractivity contribution in [3.05, 3.63) is 17.6 Å². The van der Waals surface area contributed by atoms with E-state index in [0.717, 1.165) is 25.9 Å². The van der Waals surface area contributed by atoms with Crippen LogP contribution in [0.5, 0.6) is 0 Å². The molecule has 0 bridgehead atoms. The zero-order chi connectivity index (χ0) is 15.6. The summed E-state index contributed by atoms with van der Waals surface area (Å²) in [7, 11) is -1.50. The standard InChI is InChI=1S/C14H25N3O3S/c1-4-12-10-16(3)6-5-7-17(12)21(18,19)14-8-13(9-15)20-11(14)2/h8,12H,4-7,9-10,15H2,1-3H3. The Kier molecular flexibility index (Phi) is 5.08. The van der Waals surface area contributed by atoms with Crippen molar-refractivity contribution >= 4 is 10.0 Å². The van der Waals surface area contributed by atoms with Crippen molar-refractivity contribution < 1.29 is 12.8 Å². The Labute approximate surface area is 126 Å². The first-order valence-electron chi connectivity index (χ1n) is 7.40. The van der Waals surface area contributed by atoms with Crippen LogP contribution >= 0.6 is 0 Å². The third-order valence-electron chi connectivity index (χ3n) is 4.03. The van der Waals surface area contributed by atoms with Gasteiger partial charge >= 0.3 is 0 Å². The molecule has 0 amide bonds. The average molecular weight is 315 g/mol. The molecule has 1 aromatic heterocycles. The minimum atomic E-state index is -3.53. The van der Waals surface area contributed by atoms with Crippen molar-refractivity contribution in [1.29, 1.82) is 0 Å². The van der Waals surface area contributed by atoms with Crippen molar-refractivity contribution in [1.82, 2.24) is 9.21 Å². The van der Waals surface area contributed by atoms with Crippen LogP contribution in [0.1, 0.15) is 31.3 Å². The second-order valence-electron chi connectivity index (χ2n) is 5.63. The van der Waals surface area contributed by atoms with Gasteiger partial charge in [-0.2, -0.15) is 4.31 Å². The van der Waals surface area contributed by atoms with Gasteiger partial charge in [-0.15, -0.1) is 0 Å². The Balaban J connectivity index is 2.38. The van der Waals surface area contributed by atoms with Crippen molar-refractivity contribution in [2.45, 2.75) is 44.2 Å². The van der Waals surface area contributed by atoms with Gasteiger partial charge in [-0.1, -0.05) is 6.92 Å². The van der Waals surface area contributed by atoms with Gasteiger partial charge in [0, 0.05) is 25.2 Å². The molecular weight excluding hydrogens is 290 g/mol. The molecule has 120 valence electrons. The Hall–Kier alpha value is -0.890. The number of hydrogen-bond acceptors (Lipinski definition) is 5. The van der Waals surface area contributed by atoms with E-state index in [2.05, 4.69) is 4.90 Å². The topological polar surface area (TPSA) is 79.8 Å². The summed E-state index contributed by atoms with van der Waals surface area (Å²) in [6, 6.07) is 1.56. The first-order chi connectivity index (χ1) is 9.90. The Morgan fingerprint density at radius 2 is 2.14 bits per heavy atom. The number of nitrogens with two attached hydrogens (primary N) is 1. The highest BCUT2D eigenvalue weighted by atomic mass is 32.2. The van der Waals surface area contributed by atoms with Crippen LogP contribution in [-0.4, -0.2) is 50.3 Å². The van der Waals surface area contributed by atoms with E-state index in [1.807, 2.05) is 14.0 Å². The molecule has 1 aromatic rings. The number of furan rings is 1. The third-order valence-corrected chi connectivity index (χ3v) is 6.09. The molecule has 0 aliphatic carbocycles. The van der Waals surface area contributed by atoms with Crippen LogP contribution in [0.4, 0.5) is 0 Å². The summed E-state index contributed by atoms with van der Waals surface area (Å²) in [6.45, 7) is 6.14. The molecule has 2 heterocycles. The molecular formula is C14H25N3O3S. The lowest BCUT2D eigenvalue weighted by Gasteiger charge is -2.29. The van der Waals surface area contributed by atoms with E-state index < -0.39 is 10.0 Å². The molecule has 1 saturated heterocycles. The maximum Gasteiger partial charge on any atom is 0.246 e. The number of rotatable bonds is 4. The predicted octanol–water partition coefficient (Wildman–Crippen LogP) is 1.15. The minimum Gasteiger partial charge on any atom is -0.464 e. The van der Waals surface area contributed by atoms with Gasteiger partial charge in [0.1, 0.15) is 16.4 Å². The van der Waals surface area contributed by atoms with Crippen molar-refractivity contribution in [2.24, 2.45) is 5.73 Å². The second kappa shape index (κ2) is 6.48. The molecule has 2 rings (SSSR count). The average Bonchev–Trinajstić information content (AvgIpc) is 2.71. The summed E-state index contributed by atoms with van der Waals surface area (Å²) in [5, 5.41) is 0. The maximum atomic E-state index is 13.0. The maximum absolute atomic E-state index is 13.0. The van der Waals surface area contributed by atoms with Crippen LogP contribution in [0.2, 0.25) is 0 Å².